The highest BCUT2D eigenvalue weighted by Gasteiger charge is 2.45. The van der Waals surface area contributed by atoms with Gasteiger partial charge >= 0.3 is 11.9 Å². The lowest BCUT2D eigenvalue weighted by Gasteiger charge is -2.27. The number of rotatable bonds is 7. The smallest absolute Gasteiger partial charge is 0.323 e. The molecule has 0 saturated carbocycles. The molecule has 5 nitrogen and oxygen atoms in total. The van der Waals surface area contributed by atoms with Crippen LogP contribution in [0.15, 0.2) is 0 Å². The van der Waals surface area contributed by atoms with Crippen LogP contribution >= 0.6 is 0 Å². The lowest BCUT2D eigenvalue weighted by atomic mass is 9.84. The molecule has 0 aliphatic carbocycles. The van der Waals surface area contributed by atoms with Crippen molar-refractivity contribution in [3.63, 3.8) is 0 Å². The third-order valence-corrected chi connectivity index (χ3v) is 2.55. The highest BCUT2D eigenvalue weighted by molar-refractivity contribution is 5.99. The van der Waals surface area contributed by atoms with Crippen LogP contribution in [-0.2, 0) is 23.8 Å². The normalized spacial score (nSPS) is 13.0. The molecule has 1 atom stereocenters. The lowest BCUT2D eigenvalue weighted by molar-refractivity contribution is -0.173. The summed E-state index contributed by atoms with van der Waals surface area (Å²) in [6.07, 6.45) is 0.00932. The Kier molecular flexibility index (Phi) is 6.80. The van der Waals surface area contributed by atoms with E-state index in [2.05, 4.69) is 0 Å². The molecule has 0 radical (unpaired) electrons. The Hall–Kier alpha value is -1.10. The van der Waals surface area contributed by atoms with Gasteiger partial charge < -0.3 is 14.2 Å². The molecule has 17 heavy (non-hydrogen) atoms. The Balaban J connectivity index is 4.91. The van der Waals surface area contributed by atoms with Crippen molar-refractivity contribution in [2.75, 3.05) is 20.3 Å². The van der Waals surface area contributed by atoms with Gasteiger partial charge in [-0.15, -0.1) is 0 Å². The summed E-state index contributed by atoms with van der Waals surface area (Å²) in [6.45, 7) is 7.17. The summed E-state index contributed by atoms with van der Waals surface area (Å²) < 4.78 is 14.9. The second kappa shape index (κ2) is 7.27. The van der Waals surface area contributed by atoms with Crippen LogP contribution in [0.2, 0.25) is 0 Å². The van der Waals surface area contributed by atoms with Crippen molar-refractivity contribution in [1.82, 2.24) is 0 Å². The topological polar surface area (TPSA) is 61.8 Å². The molecule has 0 amide bonds. The van der Waals surface area contributed by atoms with Crippen LogP contribution < -0.4 is 0 Å². The van der Waals surface area contributed by atoms with Crippen molar-refractivity contribution in [3.05, 3.63) is 0 Å². The Labute approximate surface area is 102 Å². The first kappa shape index (κ1) is 15.9. The Bertz CT molecular complexity index is 244. The highest BCUT2D eigenvalue weighted by Crippen LogP contribution is 2.28. The first-order valence-electron chi connectivity index (χ1n) is 5.79. The molecule has 0 saturated heterocycles. The molecular weight excluding hydrogens is 224 g/mol. The summed E-state index contributed by atoms with van der Waals surface area (Å²) >= 11 is 0. The third kappa shape index (κ3) is 4.34. The van der Waals surface area contributed by atoms with E-state index in [-0.39, 0.29) is 25.7 Å². The maximum absolute atomic E-state index is 11.9. The summed E-state index contributed by atoms with van der Waals surface area (Å²) in [5.74, 6) is -1.13. The number of hydrogen-bond acceptors (Lipinski definition) is 5. The molecule has 0 heterocycles. The Morgan fingerprint density at radius 1 is 1.12 bits per heavy atom. The number of carbonyl (C=O) groups excluding carboxylic acids is 2. The SMILES string of the molecule is CCOC(=O)C(C)(CC(C)OC)C(=O)OCC. The zero-order valence-corrected chi connectivity index (χ0v) is 11.2. The molecule has 0 spiro atoms. The quantitative estimate of drug-likeness (QED) is 0.503. The van der Waals surface area contributed by atoms with Gasteiger partial charge in [0.05, 0.1) is 19.3 Å². The van der Waals surface area contributed by atoms with E-state index in [1.54, 1.807) is 20.8 Å². The van der Waals surface area contributed by atoms with Crippen molar-refractivity contribution in [1.29, 1.82) is 0 Å². The zero-order chi connectivity index (χ0) is 13.5. The fraction of sp³-hybridized carbons (Fsp3) is 0.833. The predicted molar refractivity (Wildman–Crippen MR) is 62.5 cm³/mol. The summed E-state index contributed by atoms with van der Waals surface area (Å²) in [7, 11) is 1.53. The van der Waals surface area contributed by atoms with Crippen molar-refractivity contribution in [2.45, 2.75) is 40.2 Å². The summed E-state index contributed by atoms with van der Waals surface area (Å²) in [4.78, 5) is 23.7. The molecule has 5 heteroatoms. The van der Waals surface area contributed by atoms with Crippen molar-refractivity contribution in [2.24, 2.45) is 5.41 Å². The average molecular weight is 246 g/mol. The first-order valence-corrected chi connectivity index (χ1v) is 5.79. The number of carbonyl (C=O) groups is 2. The molecule has 1 unspecified atom stereocenters. The largest absolute Gasteiger partial charge is 0.465 e. The lowest BCUT2D eigenvalue weighted by Crippen LogP contribution is -2.42. The number of methoxy groups -OCH3 is 1. The first-order chi connectivity index (χ1) is 7.92. The number of ether oxygens (including phenoxy) is 3. The molecule has 0 aromatic heterocycles. The van der Waals surface area contributed by atoms with E-state index in [0.29, 0.717) is 0 Å². The van der Waals surface area contributed by atoms with Gasteiger partial charge in [0.15, 0.2) is 5.41 Å². The van der Waals surface area contributed by atoms with E-state index >= 15 is 0 Å². The maximum Gasteiger partial charge on any atom is 0.323 e. The Morgan fingerprint density at radius 3 is 1.82 bits per heavy atom. The van der Waals surface area contributed by atoms with Crippen LogP contribution in [0.25, 0.3) is 0 Å². The standard InChI is InChI=1S/C12H22O5/c1-6-16-10(13)12(4,8-9(3)15-5)11(14)17-7-2/h9H,6-8H2,1-5H3. The van der Waals surface area contributed by atoms with Crippen LogP contribution in [0.5, 0.6) is 0 Å². The molecule has 0 aliphatic heterocycles. The maximum atomic E-state index is 11.9. The molecule has 0 aromatic rings. The third-order valence-electron chi connectivity index (χ3n) is 2.55. The summed E-state index contributed by atoms with van der Waals surface area (Å²) in [5, 5.41) is 0. The van der Waals surface area contributed by atoms with Gasteiger partial charge in [-0.25, -0.2) is 0 Å². The van der Waals surface area contributed by atoms with Gasteiger partial charge in [0, 0.05) is 7.11 Å². The minimum atomic E-state index is -1.30. The van der Waals surface area contributed by atoms with Crippen LogP contribution in [-0.4, -0.2) is 38.4 Å². The van der Waals surface area contributed by atoms with E-state index in [4.69, 9.17) is 14.2 Å². The van der Waals surface area contributed by atoms with Gasteiger partial charge in [-0.3, -0.25) is 9.59 Å². The van der Waals surface area contributed by atoms with E-state index in [0.717, 1.165) is 0 Å². The van der Waals surface area contributed by atoms with Gasteiger partial charge in [-0.2, -0.15) is 0 Å². The monoisotopic (exact) mass is 246 g/mol. The number of hydrogen-bond donors (Lipinski definition) is 0. The van der Waals surface area contributed by atoms with Crippen molar-refractivity contribution < 1.29 is 23.8 Å². The number of esters is 2. The minimum absolute atomic E-state index is 0.228. The summed E-state index contributed by atoms with van der Waals surface area (Å²) in [6, 6.07) is 0. The summed E-state index contributed by atoms with van der Waals surface area (Å²) in [5.41, 5.74) is -1.30. The van der Waals surface area contributed by atoms with Crippen LogP contribution in [0.4, 0.5) is 0 Å². The molecule has 0 bridgehead atoms. The van der Waals surface area contributed by atoms with Gasteiger partial charge in [0.2, 0.25) is 0 Å². The van der Waals surface area contributed by atoms with Crippen molar-refractivity contribution >= 4 is 11.9 Å². The van der Waals surface area contributed by atoms with E-state index in [1.807, 2.05) is 0 Å². The fourth-order valence-electron chi connectivity index (χ4n) is 1.49. The second-order valence-corrected chi connectivity index (χ2v) is 4.02. The molecule has 0 N–H and O–H groups in total. The van der Waals surface area contributed by atoms with E-state index in [9.17, 15) is 9.59 Å². The molecule has 0 fully saturated rings. The van der Waals surface area contributed by atoms with Crippen molar-refractivity contribution in [3.8, 4) is 0 Å². The van der Waals surface area contributed by atoms with Crippen LogP contribution in [0.1, 0.15) is 34.1 Å². The predicted octanol–water partition coefficient (Wildman–Crippen LogP) is 1.54. The van der Waals surface area contributed by atoms with Gasteiger partial charge in [0.1, 0.15) is 0 Å². The molecular formula is C12H22O5. The van der Waals surface area contributed by atoms with E-state index < -0.39 is 17.4 Å². The van der Waals surface area contributed by atoms with Gasteiger partial charge in [0.25, 0.3) is 0 Å². The fourth-order valence-corrected chi connectivity index (χ4v) is 1.49. The van der Waals surface area contributed by atoms with Crippen LogP contribution in [0, 0.1) is 5.41 Å². The van der Waals surface area contributed by atoms with Gasteiger partial charge in [-0.1, -0.05) is 0 Å². The zero-order valence-electron chi connectivity index (χ0n) is 11.2. The molecule has 100 valence electrons. The molecule has 0 aromatic carbocycles. The minimum Gasteiger partial charge on any atom is -0.465 e. The average Bonchev–Trinajstić information content (AvgIpc) is 2.29. The Morgan fingerprint density at radius 2 is 1.53 bits per heavy atom. The molecule has 0 aliphatic rings. The van der Waals surface area contributed by atoms with Gasteiger partial charge in [-0.05, 0) is 34.1 Å². The van der Waals surface area contributed by atoms with E-state index in [1.165, 1.54) is 14.0 Å². The highest BCUT2D eigenvalue weighted by atomic mass is 16.6. The molecule has 0 rings (SSSR count). The second-order valence-electron chi connectivity index (χ2n) is 4.02. The van der Waals surface area contributed by atoms with Crippen LogP contribution in [0.3, 0.4) is 0 Å².